The number of amides is 1. The average Bonchev–Trinajstić information content (AvgIpc) is 3.13. The minimum Gasteiger partial charge on any atom is -0.343 e. The van der Waals surface area contributed by atoms with Gasteiger partial charge in [0.2, 0.25) is 0 Å². The number of hydrogen-bond acceptors (Lipinski definition) is 3. The second-order valence-electron chi connectivity index (χ2n) is 8.35. The zero-order chi connectivity index (χ0) is 19.2. The molecule has 4 nitrogen and oxygen atoms in total. The first-order valence-corrected chi connectivity index (χ1v) is 9.95. The van der Waals surface area contributed by atoms with E-state index in [-0.39, 0.29) is 17.5 Å². The van der Waals surface area contributed by atoms with E-state index in [0.717, 1.165) is 40.8 Å². The summed E-state index contributed by atoms with van der Waals surface area (Å²) in [6.07, 6.45) is 6.62. The molecule has 1 aromatic carbocycles. The van der Waals surface area contributed by atoms with Crippen LogP contribution in [0.15, 0.2) is 36.5 Å². The van der Waals surface area contributed by atoms with Crippen LogP contribution in [0.4, 0.5) is 0 Å². The molecule has 3 heterocycles. The van der Waals surface area contributed by atoms with E-state index in [1.54, 1.807) is 0 Å². The number of carbonyl (C=O) groups excluding carboxylic acids is 1. The summed E-state index contributed by atoms with van der Waals surface area (Å²) in [7, 11) is 2.23. The molecule has 0 radical (unpaired) electrons. The van der Waals surface area contributed by atoms with Crippen molar-refractivity contribution < 1.29 is 4.79 Å². The molecule has 1 amide bonds. The van der Waals surface area contributed by atoms with Crippen molar-refractivity contribution >= 4 is 5.91 Å². The quantitative estimate of drug-likeness (QED) is 0.889. The molecule has 0 aliphatic carbocycles. The fourth-order valence-corrected chi connectivity index (χ4v) is 5.25. The Balaban J connectivity index is 1.73. The largest absolute Gasteiger partial charge is 0.343 e. The summed E-state index contributed by atoms with van der Waals surface area (Å²) < 4.78 is 0. The van der Waals surface area contributed by atoms with Crippen LogP contribution in [0, 0.1) is 20.8 Å². The van der Waals surface area contributed by atoms with Gasteiger partial charge in [0.1, 0.15) is 0 Å². The molecule has 1 aromatic heterocycles. The van der Waals surface area contributed by atoms with Crippen LogP contribution in [0.2, 0.25) is 0 Å². The van der Waals surface area contributed by atoms with Gasteiger partial charge in [-0.2, -0.15) is 0 Å². The topological polar surface area (TPSA) is 45.2 Å². The third-order valence-corrected chi connectivity index (χ3v) is 6.86. The number of aryl methyl sites for hydroxylation is 3. The molecule has 27 heavy (non-hydrogen) atoms. The predicted molar refractivity (Wildman–Crippen MR) is 108 cm³/mol. The Morgan fingerprint density at radius 3 is 2.33 bits per heavy atom. The molecule has 2 bridgehead atoms. The van der Waals surface area contributed by atoms with E-state index in [9.17, 15) is 4.79 Å². The van der Waals surface area contributed by atoms with Crippen LogP contribution in [0.25, 0.3) is 0 Å². The summed E-state index contributed by atoms with van der Waals surface area (Å²) in [5, 5.41) is 3.42. The number of aromatic nitrogens is 1. The predicted octanol–water partition coefficient (Wildman–Crippen LogP) is 4.10. The van der Waals surface area contributed by atoms with Gasteiger partial charge in [-0.1, -0.05) is 24.3 Å². The van der Waals surface area contributed by atoms with Crippen molar-refractivity contribution in [2.45, 2.75) is 64.1 Å². The van der Waals surface area contributed by atoms with Gasteiger partial charge < -0.3 is 5.32 Å². The molecule has 2 aliphatic rings. The first-order chi connectivity index (χ1) is 12.9. The first-order valence-electron chi connectivity index (χ1n) is 9.95. The number of fused-ring (bicyclic) bond motifs is 2. The summed E-state index contributed by atoms with van der Waals surface area (Å²) in [4.78, 5) is 20.4. The second-order valence-corrected chi connectivity index (χ2v) is 8.35. The molecule has 1 atom stereocenters. The van der Waals surface area contributed by atoms with Crippen LogP contribution in [-0.4, -0.2) is 34.4 Å². The van der Waals surface area contributed by atoms with E-state index in [0.29, 0.717) is 6.04 Å². The maximum Gasteiger partial charge on any atom is 0.252 e. The summed E-state index contributed by atoms with van der Waals surface area (Å²) in [5.41, 5.74) is 4.95. The fraction of sp³-hybridized carbons (Fsp3) is 0.478. The summed E-state index contributed by atoms with van der Waals surface area (Å²) >= 11 is 0. The maximum atomic E-state index is 13.3. The van der Waals surface area contributed by atoms with Gasteiger partial charge in [0.15, 0.2) is 0 Å². The minimum atomic E-state index is -0.0467. The van der Waals surface area contributed by atoms with Crippen molar-refractivity contribution in [3.63, 3.8) is 0 Å². The van der Waals surface area contributed by atoms with Gasteiger partial charge in [0.25, 0.3) is 5.91 Å². The van der Waals surface area contributed by atoms with Gasteiger partial charge in [-0.25, -0.2) is 0 Å². The molecule has 142 valence electrons. The highest BCUT2D eigenvalue weighted by atomic mass is 16.1. The normalized spacial score (nSPS) is 25.6. The average molecular weight is 364 g/mol. The van der Waals surface area contributed by atoms with E-state index >= 15 is 0 Å². The number of pyridine rings is 1. The standard InChI is InChI=1S/C23H29N3O/c1-15-6-5-7-16(2)20(15)22(27)25-21(18-9-8-17(3)24-14-18)23-12-10-19(11-13-23)26(23)4/h5-9,14,19,21H,10-13H2,1-4H3,(H,25,27). The zero-order valence-corrected chi connectivity index (χ0v) is 16.7. The van der Waals surface area contributed by atoms with E-state index in [4.69, 9.17) is 0 Å². The zero-order valence-electron chi connectivity index (χ0n) is 16.7. The lowest BCUT2D eigenvalue weighted by Gasteiger charge is -2.41. The molecule has 4 heteroatoms. The molecular formula is C23H29N3O. The van der Waals surface area contributed by atoms with Gasteiger partial charge in [0, 0.05) is 29.0 Å². The van der Waals surface area contributed by atoms with Gasteiger partial charge in [0.05, 0.1) is 6.04 Å². The van der Waals surface area contributed by atoms with E-state index in [1.807, 2.05) is 51.2 Å². The Bertz CT molecular complexity index is 830. The van der Waals surface area contributed by atoms with Gasteiger partial charge in [-0.3, -0.25) is 14.7 Å². The molecular weight excluding hydrogens is 334 g/mol. The van der Waals surface area contributed by atoms with Crippen LogP contribution in [0.1, 0.15) is 64.5 Å². The Labute approximate surface area is 162 Å². The fourth-order valence-electron chi connectivity index (χ4n) is 5.25. The number of likely N-dealkylation sites (N-methyl/N-ethyl adjacent to an activating group) is 1. The number of benzene rings is 1. The Hall–Kier alpha value is -2.20. The second kappa shape index (κ2) is 6.75. The molecule has 2 aliphatic heterocycles. The lowest BCUT2D eigenvalue weighted by Crippen LogP contribution is -2.51. The van der Waals surface area contributed by atoms with Crippen molar-refractivity contribution in [3.8, 4) is 0 Å². The Morgan fingerprint density at radius 2 is 1.81 bits per heavy atom. The van der Waals surface area contributed by atoms with Crippen LogP contribution < -0.4 is 5.32 Å². The SMILES string of the molecule is Cc1ccc(C(NC(=O)c2c(C)cccc2C)C23CCC(CC2)N3C)cn1. The van der Waals surface area contributed by atoms with Gasteiger partial charge >= 0.3 is 0 Å². The van der Waals surface area contributed by atoms with Crippen molar-refractivity contribution in [1.82, 2.24) is 15.2 Å². The van der Waals surface area contributed by atoms with E-state index in [1.165, 1.54) is 12.8 Å². The van der Waals surface area contributed by atoms with Crippen LogP contribution in [0.3, 0.4) is 0 Å². The van der Waals surface area contributed by atoms with Crippen molar-refractivity contribution in [2.75, 3.05) is 7.05 Å². The molecule has 1 unspecified atom stereocenters. The van der Waals surface area contributed by atoms with Crippen molar-refractivity contribution in [2.24, 2.45) is 0 Å². The molecule has 4 rings (SSSR count). The van der Waals surface area contributed by atoms with Crippen molar-refractivity contribution in [1.29, 1.82) is 0 Å². The minimum absolute atomic E-state index is 0.00610. The van der Waals surface area contributed by atoms with Gasteiger partial charge in [-0.05, 0) is 76.3 Å². The molecule has 0 saturated carbocycles. The van der Waals surface area contributed by atoms with E-state index < -0.39 is 0 Å². The summed E-state index contributed by atoms with van der Waals surface area (Å²) in [6, 6.07) is 10.8. The third kappa shape index (κ3) is 2.96. The molecule has 2 fully saturated rings. The van der Waals surface area contributed by atoms with Crippen LogP contribution >= 0.6 is 0 Å². The van der Waals surface area contributed by atoms with E-state index in [2.05, 4.69) is 28.3 Å². The smallest absolute Gasteiger partial charge is 0.252 e. The van der Waals surface area contributed by atoms with Crippen molar-refractivity contribution in [3.05, 3.63) is 64.5 Å². The number of rotatable bonds is 4. The molecule has 0 spiro atoms. The number of nitrogens with zero attached hydrogens (tertiary/aromatic N) is 2. The number of carbonyl (C=O) groups is 1. The van der Waals surface area contributed by atoms with Crippen LogP contribution in [0.5, 0.6) is 0 Å². The molecule has 1 N–H and O–H groups in total. The molecule has 2 aromatic rings. The van der Waals surface area contributed by atoms with Crippen LogP contribution in [-0.2, 0) is 0 Å². The number of nitrogens with one attached hydrogen (secondary N) is 1. The summed E-state index contributed by atoms with van der Waals surface area (Å²) in [5.74, 6) is 0.0225. The maximum absolute atomic E-state index is 13.3. The first kappa shape index (κ1) is 18.2. The third-order valence-electron chi connectivity index (χ3n) is 6.86. The highest BCUT2D eigenvalue weighted by molar-refractivity contribution is 5.97. The lowest BCUT2D eigenvalue weighted by atomic mass is 9.78. The monoisotopic (exact) mass is 363 g/mol. The number of hydrogen-bond donors (Lipinski definition) is 1. The Morgan fingerprint density at radius 1 is 1.15 bits per heavy atom. The lowest BCUT2D eigenvalue weighted by molar-refractivity contribution is 0.0836. The highest BCUT2D eigenvalue weighted by Gasteiger charge is 2.54. The molecule has 2 saturated heterocycles. The Kier molecular flexibility index (Phi) is 4.55. The summed E-state index contributed by atoms with van der Waals surface area (Å²) in [6.45, 7) is 6.02. The highest BCUT2D eigenvalue weighted by Crippen LogP contribution is 2.51. The van der Waals surface area contributed by atoms with Gasteiger partial charge in [-0.15, -0.1) is 0 Å².